The second-order valence-corrected chi connectivity index (χ2v) is 10.4. The molecule has 35 heavy (non-hydrogen) atoms. The van der Waals surface area contributed by atoms with Crippen molar-refractivity contribution in [1.82, 2.24) is 10.3 Å². The molecule has 6 rings (SSSR count). The molecule has 3 amide bonds. The fourth-order valence-electron chi connectivity index (χ4n) is 4.77. The van der Waals surface area contributed by atoms with Crippen molar-refractivity contribution in [3.8, 4) is 0 Å². The average molecular weight is 513 g/mol. The summed E-state index contributed by atoms with van der Waals surface area (Å²) in [5.74, 6) is -3.10. The smallest absolute Gasteiger partial charge is 0.329 e. The number of benzene rings is 2. The minimum Gasteiger partial charge on any atom is -0.365 e. The molecular formula is C25H19ClF2N4O2S. The largest absolute Gasteiger partial charge is 0.365 e. The van der Waals surface area contributed by atoms with Crippen LogP contribution in [0.3, 0.4) is 0 Å². The van der Waals surface area contributed by atoms with Gasteiger partial charge in [-0.15, -0.1) is 11.8 Å². The fourth-order valence-corrected chi connectivity index (χ4v) is 6.36. The molecule has 3 aliphatic rings. The van der Waals surface area contributed by atoms with Gasteiger partial charge in [0.1, 0.15) is 5.25 Å². The van der Waals surface area contributed by atoms with Crippen LogP contribution in [0.2, 0.25) is 5.02 Å². The zero-order chi connectivity index (χ0) is 24.3. The van der Waals surface area contributed by atoms with Gasteiger partial charge in [-0.3, -0.25) is 9.78 Å². The molecule has 2 fully saturated rings. The Morgan fingerprint density at radius 2 is 1.97 bits per heavy atom. The topological polar surface area (TPSA) is 65.5 Å². The second kappa shape index (κ2) is 8.20. The van der Waals surface area contributed by atoms with Crippen molar-refractivity contribution in [2.24, 2.45) is 0 Å². The first-order chi connectivity index (χ1) is 16.8. The summed E-state index contributed by atoms with van der Waals surface area (Å²) in [6, 6.07) is 11.6. The maximum atomic E-state index is 13.8. The Morgan fingerprint density at radius 3 is 2.74 bits per heavy atom. The van der Waals surface area contributed by atoms with E-state index in [-0.39, 0.29) is 25.4 Å². The van der Waals surface area contributed by atoms with E-state index < -0.39 is 23.2 Å². The van der Waals surface area contributed by atoms with Gasteiger partial charge in [-0.25, -0.2) is 18.5 Å². The first kappa shape index (κ1) is 22.3. The molecule has 0 saturated carbocycles. The number of rotatable bonds is 3. The van der Waals surface area contributed by atoms with Crippen LogP contribution in [-0.4, -0.2) is 47.2 Å². The number of hydrogen-bond acceptors (Lipinski definition) is 5. The lowest BCUT2D eigenvalue weighted by Gasteiger charge is -2.33. The van der Waals surface area contributed by atoms with Crippen molar-refractivity contribution in [1.29, 1.82) is 0 Å². The van der Waals surface area contributed by atoms with Crippen molar-refractivity contribution in [3.63, 3.8) is 0 Å². The molecule has 6 nitrogen and oxygen atoms in total. The zero-order valence-corrected chi connectivity index (χ0v) is 19.8. The van der Waals surface area contributed by atoms with Gasteiger partial charge in [0, 0.05) is 51.1 Å². The van der Waals surface area contributed by atoms with E-state index in [0.29, 0.717) is 27.2 Å². The van der Waals surface area contributed by atoms with Crippen molar-refractivity contribution in [3.05, 3.63) is 71.5 Å². The highest BCUT2D eigenvalue weighted by atomic mass is 35.5. The van der Waals surface area contributed by atoms with E-state index in [2.05, 4.69) is 10.3 Å². The van der Waals surface area contributed by atoms with Gasteiger partial charge in [-0.05, 0) is 24.3 Å². The molecule has 2 atom stereocenters. The number of nitrogens with one attached hydrogen (secondary N) is 1. The van der Waals surface area contributed by atoms with Crippen molar-refractivity contribution >= 4 is 62.4 Å². The predicted octanol–water partition coefficient (Wildman–Crippen LogP) is 5.31. The number of imide groups is 1. The third-order valence-corrected chi connectivity index (χ3v) is 8.19. The number of thioether (sulfide) groups is 1. The van der Waals surface area contributed by atoms with Crippen LogP contribution in [0, 0.1) is 0 Å². The summed E-state index contributed by atoms with van der Waals surface area (Å²) in [5, 5.41) is 4.22. The van der Waals surface area contributed by atoms with Crippen LogP contribution < -0.4 is 15.1 Å². The van der Waals surface area contributed by atoms with Gasteiger partial charge in [0.25, 0.3) is 11.8 Å². The van der Waals surface area contributed by atoms with E-state index >= 15 is 0 Å². The molecule has 2 saturated heterocycles. The summed E-state index contributed by atoms with van der Waals surface area (Å²) in [6.45, 7) is -0.127. The Labute approximate surface area is 208 Å². The van der Waals surface area contributed by atoms with Crippen LogP contribution in [0.25, 0.3) is 15.7 Å². The Hall–Kier alpha value is -3.17. The maximum absolute atomic E-state index is 13.8. The Morgan fingerprint density at radius 1 is 1.14 bits per heavy atom. The van der Waals surface area contributed by atoms with Crippen LogP contribution in [-0.2, 0) is 4.79 Å². The lowest BCUT2D eigenvalue weighted by molar-refractivity contribution is -0.118. The first-order valence-electron chi connectivity index (χ1n) is 11.1. The molecule has 2 unspecified atom stereocenters. The van der Waals surface area contributed by atoms with E-state index in [1.54, 1.807) is 35.4 Å². The summed E-state index contributed by atoms with van der Waals surface area (Å²) in [6.07, 6.45) is 4.74. The third-order valence-electron chi connectivity index (χ3n) is 6.51. The molecule has 0 bridgehead atoms. The van der Waals surface area contributed by atoms with E-state index in [0.717, 1.165) is 15.4 Å². The number of anilines is 2. The normalized spacial score (nSPS) is 23.5. The Bertz CT molecular complexity index is 1420. The van der Waals surface area contributed by atoms with Gasteiger partial charge < -0.3 is 10.2 Å². The first-order valence-corrected chi connectivity index (χ1v) is 12.3. The molecule has 1 aromatic heterocycles. The SMILES string of the molecule is O=C1NC2C=C(c3ccccc3Cl)SC2C(=O)N1c1cncc2ccc(N3CCC(F)(F)C3)cc12. The predicted molar refractivity (Wildman–Crippen MR) is 134 cm³/mol. The minimum atomic E-state index is -2.74. The van der Waals surface area contributed by atoms with Crippen molar-refractivity contribution in [2.75, 3.05) is 22.9 Å². The Balaban J connectivity index is 1.34. The molecule has 178 valence electrons. The summed E-state index contributed by atoms with van der Waals surface area (Å²) in [7, 11) is 0. The van der Waals surface area contributed by atoms with E-state index in [1.165, 1.54) is 18.0 Å². The lowest BCUT2D eigenvalue weighted by atomic mass is 10.1. The number of halogens is 3. The number of amides is 3. The van der Waals surface area contributed by atoms with Gasteiger partial charge in [0.05, 0.1) is 24.5 Å². The molecule has 0 radical (unpaired) electrons. The van der Waals surface area contributed by atoms with Crippen molar-refractivity contribution < 1.29 is 18.4 Å². The van der Waals surface area contributed by atoms with Gasteiger partial charge >= 0.3 is 6.03 Å². The molecular weight excluding hydrogens is 494 g/mol. The maximum Gasteiger partial charge on any atom is 0.329 e. The zero-order valence-electron chi connectivity index (χ0n) is 18.2. The number of carbonyl (C=O) groups excluding carboxylic acids is 2. The lowest BCUT2D eigenvalue weighted by Crippen LogP contribution is -2.60. The summed E-state index contributed by atoms with van der Waals surface area (Å²) in [5.41, 5.74) is 1.74. The van der Waals surface area contributed by atoms with E-state index in [1.807, 2.05) is 24.3 Å². The molecule has 1 N–H and O–H groups in total. The number of hydrogen-bond donors (Lipinski definition) is 1. The minimum absolute atomic E-state index is 0.206. The van der Waals surface area contributed by atoms with Crippen LogP contribution in [0.1, 0.15) is 12.0 Å². The standard InChI is InChI=1S/C25H19ClF2N4O2S/c26-18-4-2-1-3-16(18)21-10-19-22(35-21)23(33)32(24(34)30-19)20-12-29-11-14-5-6-15(9-17(14)20)31-8-7-25(27,28)13-31/h1-6,9-12,19,22H,7-8,13H2,(H,30,34). The van der Waals surface area contributed by atoms with Gasteiger partial charge in [-0.1, -0.05) is 35.9 Å². The van der Waals surface area contributed by atoms with E-state index in [9.17, 15) is 18.4 Å². The van der Waals surface area contributed by atoms with Gasteiger partial charge in [0.15, 0.2) is 0 Å². The summed E-state index contributed by atoms with van der Waals surface area (Å²) in [4.78, 5) is 34.5. The highest BCUT2D eigenvalue weighted by molar-refractivity contribution is 8.09. The van der Waals surface area contributed by atoms with Crippen LogP contribution in [0.5, 0.6) is 0 Å². The quantitative estimate of drug-likeness (QED) is 0.515. The molecule has 3 aliphatic heterocycles. The molecule has 0 spiro atoms. The highest BCUT2D eigenvalue weighted by Crippen LogP contribution is 2.45. The number of alkyl halides is 2. The summed E-state index contributed by atoms with van der Waals surface area (Å²) < 4.78 is 27.6. The summed E-state index contributed by atoms with van der Waals surface area (Å²) >= 11 is 7.70. The van der Waals surface area contributed by atoms with E-state index in [4.69, 9.17) is 11.6 Å². The number of pyridine rings is 1. The molecule has 3 aromatic rings. The highest BCUT2D eigenvalue weighted by Gasteiger charge is 2.46. The van der Waals surface area contributed by atoms with Gasteiger partial charge in [0.2, 0.25) is 0 Å². The van der Waals surface area contributed by atoms with Crippen LogP contribution in [0.4, 0.5) is 25.0 Å². The molecule has 4 heterocycles. The fraction of sp³-hybridized carbons (Fsp3) is 0.240. The number of urea groups is 1. The Kier molecular flexibility index (Phi) is 5.23. The average Bonchev–Trinajstić information content (AvgIpc) is 3.42. The molecule has 0 aliphatic carbocycles. The third kappa shape index (κ3) is 3.83. The van der Waals surface area contributed by atoms with Gasteiger partial charge in [-0.2, -0.15) is 0 Å². The molecule has 2 aromatic carbocycles. The van der Waals surface area contributed by atoms with Crippen LogP contribution in [0.15, 0.2) is 60.9 Å². The second-order valence-electron chi connectivity index (χ2n) is 8.79. The monoisotopic (exact) mass is 512 g/mol. The number of carbonyl (C=O) groups is 2. The number of aromatic nitrogens is 1. The number of nitrogens with zero attached hydrogens (tertiary/aromatic N) is 3. The van der Waals surface area contributed by atoms with Crippen LogP contribution >= 0.6 is 23.4 Å². The van der Waals surface area contributed by atoms with Crippen molar-refractivity contribution in [2.45, 2.75) is 23.6 Å². The number of fused-ring (bicyclic) bond motifs is 2. The molecule has 10 heteroatoms.